The summed E-state index contributed by atoms with van der Waals surface area (Å²) in [6.07, 6.45) is 6.53. The summed E-state index contributed by atoms with van der Waals surface area (Å²) in [4.78, 5) is 4.50. The molecule has 3 rings (SSSR count). The lowest BCUT2D eigenvalue weighted by molar-refractivity contribution is 0.309. The number of rotatable bonds is 7. The number of ether oxygens (including phenoxy) is 1. The average Bonchev–Trinajstić information content (AvgIpc) is 2.88. The maximum Gasteiger partial charge on any atom is 0.121 e. The molecular formula is C20H27BrN2O. The van der Waals surface area contributed by atoms with Crippen LogP contribution < -0.4 is 4.74 Å². The van der Waals surface area contributed by atoms with Crippen LogP contribution in [0, 0.1) is 6.92 Å². The summed E-state index contributed by atoms with van der Waals surface area (Å²) in [6.45, 7) is 8.34. The van der Waals surface area contributed by atoms with Gasteiger partial charge in [0.1, 0.15) is 5.75 Å². The van der Waals surface area contributed by atoms with Gasteiger partial charge in [-0.3, -0.25) is 4.98 Å². The molecule has 0 saturated carbocycles. The van der Waals surface area contributed by atoms with Gasteiger partial charge < -0.3 is 9.30 Å². The van der Waals surface area contributed by atoms with Gasteiger partial charge in [0.2, 0.25) is 0 Å². The van der Waals surface area contributed by atoms with Crippen LogP contribution in [-0.2, 0) is 6.54 Å². The fourth-order valence-electron chi connectivity index (χ4n) is 3.17. The molecule has 3 nitrogen and oxygen atoms in total. The Morgan fingerprint density at radius 1 is 1.04 bits per heavy atom. The Kier molecular flexibility index (Phi) is 6.67. The van der Waals surface area contributed by atoms with Crippen molar-refractivity contribution in [2.75, 3.05) is 6.61 Å². The summed E-state index contributed by atoms with van der Waals surface area (Å²) in [5, 5.41) is 2.59. The lowest BCUT2D eigenvalue weighted by Gasteiger charge is -2.09. The van der Waals surface area contributed by atoms with Crippen molar-refractivity contribution in [3.8, 4) is 5.75 Å². The number of aryl methyl sites for hydroxylation is 2. The summed E-state index contributed by atoms with van der Waals surface area (Å²) in [6, 6.07) is 8.61. The van der Waals surface area contributed by atoms with Crippen molar-refractivity contribution in [1.29, 1.82) is 0 Å². The average molecular weight is 391 g/mol. The lowest BCUT2D eigenvalue weighted by Crippen LogP contribution is -2.00. The molecule has 130 valence electrons. The fraction of sp³-hybridized carbons (Fsp3) is 0.450. The van der Waals surface area contributed by atoms with Crippen LogP contribution in [-0.4, -0.2) is 16.2 Å². The summed E-state index contributed by atoms with van der Waals surface area (Å²) >= 11 is 0. The highest BCUT2D eigenvalue weighted by molar-refractivity contribution is 8.93. The molecule has 0 fully saturated rings. The number of hydrogen-bond acceptors (Lipinski definition) is 2. The molecule has 0 aliphatic carbocycles. The molecule has 0 saturated heterocycles. The zero-order chi connectivity index (χ0) is 16.2. The second-order valence-electron chi connectivity index (χ2n) is 6.18. The van der Waals surface area contributed by atoms with Crippen molar-refractivity contribution < 1.29 is 4.74 Å². The van der Waals surface area contributed by atoms with Crippen molar-refractivity contribution in [3.63, 3.8) is 0 Å². The minimum Gasteiger partial charge on any atom is -0.494 e. The fourth-order valence-corrected chi connectivity index (χ4v) is 3.17. The Morgan fingerprint density at radius 2 is 1.83 bits per heavy atom. The number of halogens is 1. The first-order chi connectivity index (χ1) is 11.3. The number of hydrogen-bond donors (Lipinski definition) is 0. The van der Waals surface area contributed by atoms with E-state index in [4.69, 9.17) is 4.74 Å². The van der Waals surface area contributed by atoms with Gasteiger partial charge in [-0.2, -0.15) is 0 Å². The zero-order valence-electron chi connectivity index (χ0n) is 14.8. The summed E-state index contributed by atoms with van der Waals surface area (Å²) in [5.41, 5.74) is 3.63. The lowest BCUT2D eigenvalue weighted by atomic mass is 10.1. The third kappa shape index (κ3) is 3.59. The standard InChI is InChI=1S/C20H26N2O.BrH/c1-4-6-12-22-19-14-16(23-13-7-5-2)8-9-17(19)18-10-11-21-15(3)20(18)22;/h8-11,14H,4-7,12-13H2,1-3H3;1H. The molecular weight excluding hydrogens is 364 g/mol. The highest BCUT2D eigenvalue weighted by Gasteiger charge is 2.13. The van der Waals surface area contributed by atoms with Crippen molar-refractivity contribution in [1.82, 2.24) is 9.55 Å². The minimum absolute atomic E-state index is 0. The van der Waals surface area contributed by atoms with E-state index >= 15 is 0 Å². The molecule has 0 radical (unpaired) electrons. The topological polar surface area (TPSA) is 27.1 Å². The summed E-state index contributed by atoms with van der Waals surface area (Å²) < 4.78 is 8.33. The number of unbranched alkanes of at least 4 members (excludes halogenated alkanes) is 2. The Balaban J connectivity index is 0.00000208. The highest BCUT2D eigenvalue weighted by atomic mass is 79.9. The van der Waals surface area contributed by atoms with E-state index < -0.39 is 0 Å². The van der Waals surface area contributed by atoms with E-state index in [1.54, 1.807) is 0 Å². The minimum atomic E-state index is 0. The van der Waals surface area contributed by atoms with Gasteiger partial charge in [0.05, 0.1) is 23.3 Å². The van der Waals surface area contributed by atoms with Crippen LogP contribution in [0.4, 0.5) is 0 Å². The van der Waals surface area contributed by atoms with Crippen LogP contribution >= 0.6 is 17.0 Å². The molecule has 0 amide bonds. The van der Waals surface area contributed by atoms with Gasteiger partial charge >= 0.3 is 0 Å². The maximum atomic E-state index is 5.91. The van der Waals surface area contributed by atoms with Gasteiger partial charge in [0.15, 0.2) is 0 Å². The van der Waals surface area contributed by atoms with Crippen molar-refractivity contribution >= 4 is 38.8 Å². The SMILES string of the molecule is Br.CCCCOc1ccc2c3ccnc(C)c3n(CCCC)c2c1. The molecule has 0 aliphatic heterocycles. The van der Waals surface area contributed by atoms with Crippen molar-refractivity contribution in [2.24, 2.45) is 0 Å². The molecule has 0 aliphatic rings. The van der Waals surface area contributed by atoms with Crippen LogP contribution in [0.5, 0.6) is 5.75 Å². The number of aromatic nitrogens is 2. The Bertz CT molecular complexity index is 810. The van der Waals surface area contributed by atoms with E-state index in [0.29, 0.717) is 0 Å². The van der Waals surface area contributed by atoms with Gasteiger partial charge in [0.25, 0.3) is 0 Å². The second kappa shape index (κ2) is 8.52. The third-order valence-electron chi connectivity index (χ3n) is 4.43. The normalized spacial score (nSPS) is 11.0. The van der Waals surface area contributed by atoms with Crippen molar-refractivity contribution in [3.05, 3.63) is 36.2 Å². The molecule has 24 heavy (non-hydrogen) atoms. The van der Waals surface area contributed by atoms with Crippen LogP contribution in [0.3, 0.4) is 0 Å². The first kappa shape index (κ1) is 18.8. The number of pyridine rings is 1. The Labute approximate surface area is 154 Å². The largest absolute Gasteiger partial charge is 0.494 e. The van der Waals surface area contributed by atoms with E-state index in [-0.39, 0.29) is 17.0 Å². The number of fused-ring (bicyclic) bond motifs is 3. The predicted octanol–water partition coefficient (Wildman–Crippen LogP) is 6.05. The molecule has 0 atom stereocenters. The van der Waals surface area contributed by atoms with E-state index in [1.165, 1.54) is 34.6 Å². The number of benzene rings is 1. The molecule has 0 N–H and O–H groups in total. The monoisotopic (exact) mass is 390 g/mol. The second-order valence-corrected chi connectivity index (χ2v) is 6.18. The van der Waals surface area contributed by atoms with Crippen LogP contribution in [0.25, 0.3) is 21.8 Å². The van der Waals surface area contributed by atoms with E-state index in [1.807, 2.05) is 6.20 Å². The van der Waals surface area contributed by atoms with E-state index in [2.05, 4.69) is 54.6 Å². The quantitative estimate of drug-likeness (QED) is 0.458. The van der Waals surface area contributed by atoms with Gasteiger partial charge in [-0.25, -0.2) is 0 Å². The molecule has 0 unspecified atom stereocenters. The van der Waals surface area contributed by atoms with E-state index in [0.717, 1.165) is 37.4 Å². The molecule has 4 heteroatoms. The molecule has 0 spiro atoms. The van der Waals surface area contributed by atoms with Crippen LogP contribution in [0.15, 0.2) is 30.5 Å². The van der Waals surface area contributed by atoms with Gasteiger partial charge in [-0.15, -0.1) is 17.0 Å². The Morgan fingerprint density at radius 3 is 2.58 bits per heavy atom. The van der Waals surface area contributed by atoms with Gasteiger partial charge in [-0.05, 0) is 38.0 Å². The zero-order valence-corrected chi connectivity index (χ0v) is 16.6. The molecule has 3 aromatic rings. The predicted molar refractivity (Wildman–Crippen MR) is 108 cm³/mol. The first-order valence-corrected chi connectivity index (χ1v) is 8.76. The van der Waals surface area contributed by atoms with Crippen LogP contribution in [0.1, 0.15) is 45.2 Å². The maximum absolute atomic E-state index is 5.91. The summed E-state index contributed by atoms with van der Waals surface area (Å²) in [7, 11) is 0. The highest BCUT2D eigenvalue weighted by Crippen LogP contribution is 2.33. The molecule has 0 bridgehead atoms. The summed E-state index contributed by atoms with van der Waals surface area (Å²) in [5.74, 6) is 0.970. The first-order valence-electron chi connectivity index (χ1n) is 8.76. The van der Waals surface area contributed by atoms with Gasteiger partial charge in [0, 0.05) is 29.6 Å². The van der Waals surface area contributed by atoms with E-state index in [9.17, 15) is 0 Å². The smallest absolute Gasteiger partial charge is 0.121 e. The number of nitrogens with zero attached hydrogens (tertiary/aromatic N) is 2. The Hall–Kier alpha value is -1.55. The molecule has 2 aromatic heterocycles. The third-order valence-corrected chi connectivity index (χ3v) is 4.43. The van der Waals surface area contributed by atoms with Crippen molar-refractivity contribution in [2.45, 2.75) is 53.0 Å². The van der Waals surface area contributed by atoms with Gasteiger partial charge in [-0.1, -0.05) is 26.7 Å². The molecule has 2 heterocycles. The molecule has 1 aromatic carbocycles. The van der Waals surface area contributed by atoms with Crippen LogP contribution in [0.2, 0.25) is 0 Å².